The molecule has 1 aliphatic rings. The van der Waals surface area contributed by atoms with E-state index in [1.165, 1.54) is 27.8 Å². The molecule has 0 bridgehead atoms. The zero-order chi connectivity index (χ0) is 41.6. The summed E-state index contributed by atoms with van der Waals surface area (Å²) >= 11 is 0. The van der Waals surface area contributed by atoms with Crippen LogP contribution in [0.5, 0.6) is 5.75 Å². The average molecular weight is 806 g/mol. The van der Waals surface area contributed by atoms with Gasteiger partial charge in [-0.1, -0.05) is 60.2 Å². The number of anilines is 1. The number of fused-ring (bicyclic) bond motifs is 3. The maximum absolute atomic E-state index is 8.88. The van der Waals surface area contributed by atoms with Crippen LogP contribution in [-0.2, 0) is 40.4 Å². The summed E-state index contributed by atoms with van der Waals surface area (Å²) in [6, 6.07) is 26.8. The van der Waals surface area contributed by atoms with Gasteiger partial charge in [-0.05, 0) is 89.0 Å². The molecule has 59 heavy (non-hydrogen) atoms. The van der Waals surface area contributed by atoms with Crippen LogP contribution in [0.15, 0.2) is 85.2 Å². The lowest BCUT2D eigenvalue weighted by Crippen LogP contribution is -2.29. The van der Waals surface area contributed by atoms with E-state index in [9.17, 15) is 0 Å². The number of ether oxygens (including phenoxy) is 7. The van der Waals surface area contributed by atoms with Crippen LogP contribution in [0.4, 0.5) is 5.69 Å². The lowest BCUT2D eigenvalue weighted by atomic mass is 9.66. The molecule has 11 heteroatoms. The van der Waals surface area contributed by atoms with Gasteiger partial charge in [0, 0.05) is 39.2 Å². The van der Waals surface area contributed by atoms with Gasteiger partial charge >= 0.3 is 0 Å². The molecule has 0 saturated heterocycles. The molecule has 0 radical (unpaired) electrons. The second-order valence-corrected chi connectivity index (χ2v) is 14.9. The van der Waals surface area contributed by atoms with Crippen molar-refractivity contribution in [3.8, 4) is 28.3 Å². The van der Waals surface area contributed by atoms with E-state index in [1.807, 2.05) is 19.3 Å². The first-order valence-electron chi connectivity index (χ1n) is 20.4. The largest absolute Gasteiger partial charge is 0.489 e. The van der Waals surface area contributed by atoms with Crippen LogP contribution in [0.3, 0.4) is 0 Å². The van der Waals surface area contributed by atoms with E-state index >= 15 is 0 Å². The quantitative estimate of drug-likeness (QED) is 0.0633. The third kappa shape index (κ3) is 10.5. The van der Waals surface area contributed by atoms with Crippen LogP contribution < -0.4 is 9.64 Å². The van der Waals surface area contributed by atoms with Crippen LogP contribution in [-0.4, -0.2) is 116 Å². The Morgan fingerprint density at radius 2 is 1.19 bits per heavy atom. The van der Waals surface area contributed by atoms with Crippen molar-refractivity contribution in [3.05, 3.63) is 130 Å². The molecule has 314 valence electrons. The molecule has 0 fully saturated rings. The maximum atomic E-state index is 8.88. The number of benzene rings is 4. The number of rotatable bonds is 24. The molecule has 1 N–H and O–H groups in total. The third-order valence-corrected chi connectivity index (χ3v) is 10.5. The van der Waals surface area contributed by atoms with Gasteiger partial charge < -0.3 is 43.2 Å². The Hall–Kier alpha value is -4.72. The minimum atomic E-state index is -0.692. The van der Waals surface area contributed by atoms with Gasteiger partial charge in [-0.25, -0.2) is 9.97 Å². The van der Waals surface area contributed by atoms with E-state index < -0.39 is 5.41 Å². The van der Waals surface area contributed by atoms with Crippen LogP contribution >= 0.6 is 0 Å². The Labute approximate surface area is 349 Å². The summed E-state index contributed by atoms with van der Waals surface area (Å²) < 4.78 is 39.7. The zero-order valence-corrected chi connectivity index (χ0v) is 35.4. The van der Waals surface area contributed by atoms with E-state index in [0.717, 1.165) is 44.8 Å². The van der Waals surface area contributed by atoms with Gasteiger partial charge in [0.1, 0.15) is 12.4 Å². The van der Waals surface area contributed by atoms with Gasteiger partial charge in [-0.15, -0.1) is 0 Å². The molecule has 0 amide bonds. The highest BCUT2D eigenvalue weighted by Gasteiger charge is 2.47. The first-order valence-corrected chi connectivity index (χ1v) is 20.4. The molecule has 1 aliphatic carbocycles. The summed E-state index contributed by atoms with van der Waals surface area (Å²) in [7, 11) is 5.76. The summed E-state index contributed by atoms with van der Waals surface area (Å²) in [5.74, 6) is 1.47. The number of aliphatic hydroxyl groups excluding tert-OH is 1. The number of methoxy groups -OCH3 is 1. The van der Waals surface area contributed by atoms with Gasteiger partial charge in [-0.2, -0.15) is 0 Å². The second-order valence-electron chi connectivity index (χ2n) is 14.9. The van der Waals surface area contributed by atoms with E-state index in [0.29, 0.717) is 85.1 Å². The fourth-order valence-corrected chi connectivity index (χ4v) is 7.58. The third-order valence-electron chi connectivity index (χ3n) is 10.5. The highest BCUT2D eigenvalue weighted by Crippen LogP contribution is 2.57. The smallest absolute Gasteiger partial charge is 0.159 e. The standard InChI is InChI=1S/C48H59N3O8/c1-34-7-12-41-42-13-9-37(47-49-31-35(2)32-50-47)29-44(42)48(43(41)27-34,39-10-8-38(36(3)28-39)33-58-24-23-56-20-19-54-16-15-52)40-11-14-46(45(30-40)51(4)5)59-26-25-57-22-21-55-18-17-53-6/h7-14,27-32,52H,15-26,33H2,1-6H3. The van der Waals surface area contributed by atoms with Gasteiger partial charge in [0.05, 0.1) is 90.4 Å². The fourth-order valence-electron chi connectivity index (χ4n) is 7.58. The summed E-state index contributed by atoms with van der Waals surface area (Å²) in [6.45, 7) is 11.9. The van der Waals surface area contributed by atoms with Gasteiger partial charge in [0.15, 0.2) is 5.82 Å². The molecule has 5 aromatic rings. The summed E-state index contributed by atoms with van der Waals surface area (Å²) in [4.78, 5) is 11.6. The molecule has 1 atom stereocenters. The van der Waals surface area contributed by atoms with E-state index in [4.69, 9.17) is 48.2 Å². The van der Waals surface area contributed by atoms with Crippen molar-refractivity contribution in [1.29, 1.82) is 0 Å². The van der Waals surface area contributed by atoms with Crippen molar-refractivity contribution in [2.24, 2.45) is 0 Å². The molecular formula is C48H59N3O8. The Kier molecular flexibility index (Phi) is 16.0. The number of hydrogen-bond acceptors (Lipinski definition) is 11. The molecular weight excluding hydrogens is 747 g/mol. The molecule has 1 aromatic heterocycles. The fraction of sp³-hybridized carbons (Fsp3) is 0.417. The van der Waals surface area contributed by atoms with E-state index in [-0.39, 0.29) is 6.61 Å². The molecule has 4 aromatic carbocycles. The van der Waals surface area contributed by atoms with Crippen LogP contribution in [0, 0.1) is 20.8 Å². The van der Waals surface area contributed by atoms with Gasteiger partial charge in [0.25, 0.3) is 0 Å². The minimum Gasteiger partial charge on any atom is -0.489 e. The van der Waals surface area contributed by atoms with Crippen molar-refractivity contribution >= 4 is 5.69 Å². The Morgan fingerprint density at radius 3 is 1.85 bits per heavy atom. The van der Waals surface area contributed by atoms with Crippen LogP contribution in [0.25, 0.3) is 22.5 Å². The monoisotopic (exact) mass is 805 g/mol. The highest BCUT2D eigenvalue weighted by atomic mass is 16.6. The predicted molar refractivity (Wildman–Crippen MR) is 231 cm³/mol. The van der Waals surface area contributed by atoms with Crippen molar-refractivity contribution in [2.45, 2.75) is 32.8 Å². The van der Waals surface area contributed by atoms with Gasteiger partial charge in [-0.3, -0.25) is 0 Å². The topological polar surface area (TPSA) is 114 Å². The molecule has 0 aliphatic heterocycles. The number of hydrogen-bond donors (Lipinski definition) is 1. The van der Waals surface area contributed by atoms with Crippen molar-refractivity contribution < 1.29 is 38.3 Å². The first kappa shape index (κ1) is 43.8. The Bertz CT molecular complexity index is 2110. The summed E-state index contributed by atoms with van der Waals surface area (Å²) in [5, 5.41) is 8.88. The van der Waals surface area contributed by atoms with Crippen LogP contribution in [0.1, 0.15) is 44.5 Å². The lowest BCUT2D eigenvalue weighted by molar-refractivity contribution is 0.00444. The number of nitrogens with zero attached hydrogens (tertiary/aromatic N) is 3. The second kappa shape index (κ2) is 21.5. The Balaban J connectivity index is 1.37. The average Bonchev–Trinajstić information content (AvgIpc) is 3.52. The van der Waals surface area contributed by atoms with Crippen molar-refractivity contribution in [3.63, 3.8) is 0 Å². The lowest BCUT2D eigenvalue weighted by Gasteiger charge is -2.35. The number of aliphatic hydroxyl groups is 1. The zero-order valence-electron chi connectivity index (χ0n) is 35.4. The van der Waals surface area contributed by atoms with Gasteiger partial charge in [0.2, 0.25) is 0 Å². The molecule has 1 heterocycles. The summed E-state index contributed by atoms with van der Waals surface area (Å²) in [5.41, 5.74) is 12.7. The van der Waals surface area contributed by atoms with Crippen molar-refractivity contribution in [1.82, 2.24) is 9.97 Å². The molecule has 6 rings (SSSR count). The predicted octanol–water partition coefficient (Wildman–Crippen LogP) is 7.10. The normalized spacial score (nSPS) is 14.4. The van der Waals surface area contributed by atoms with E-state index in [1.54, 1.807) is 7.11 Å². The first-order chi connectivity index (χ1) is 28.8. The Morgan fingerprint density at radius 1 is 0.593 bits per heavy atom. The SMILES string of the molecule is COCCOCCOCCOc1ccc(C2(c3ccc(COCCOCCOCCO)c(C)c3)c3cc(C)ccc3-c3ccc(-c4ncc(C)cn4)cc32)cc1N(C)C. The maximum Gasteiger partial charge on any atom is 0.159 e. The number of aromatic nitrogens is 2. The molecule has 0 spiro atoms. The van der Waals surface area contributed by atoms with Crippen molar-refractivity contribution in [2.75, 3.05) is 105 Å². The molecule has 11 nitrogen and oxygen atoms in total. The highest BCUT2D eigenvalue weighted by molar-refractivity contribution is 5.88. The van der Waals surface area contributed by atoms with E-state index in [2.05, 4.69) is 106 Å². The molecule has 0 saturated carbocycles. The minimum absolute atomic E-state index is 0.00702. The summed E-state index contributed by atoms with van der Waals surface area (Å²) in [6.07, 6.45) is 3.74. The number of aryl methyl sites for hydroxylation is 3. The molecule has 1 unspecified atom stereocenters. The van der Waals surface area contributed by atoms with Crippen LogP contribution in [0.2, 0.25) is 0 Å².